The van der Waals surface area contributed by atoms with Gasteiger partial charge in [0.05, 0.1) is 19.6 Å². The Bertz CT molecular complexity index is 1570. The predicted molar refractivity (Wildman–Crippen MR) is 375 cm³/mol. The molecule has 0 saturated heterocycles. The van der Waals surface area contributed by atoms with Crippen molar-refractivity contribution in [2.24, 2.45) is 68.0 Å². The van der Waals surface area contributed by atoms with E-state index in [1.807, 2.05) is 0 Å². The molecule has 0 aromatic heterocycles. The maximum absolute atomic E-state index is 14.6. The number of unbranched alkanes of at least 4 members (excludes halogenated alkanes) is 26. The van der Waals surface area contributed by atoms with Crippen molar-refractivity contribution in [3.05, 3.63) is 0 Å². The summed E-state index contributed by atoms with van der Waals surface area (Å²) in [4.78, 5) is 29.2. The Kier molecular flexibility index (Phi) is 46.3. The predicted octanol–water partition coefficient (Wildman–Crippen LogP) is 26.2. The summed E-state index contributed by atoms with van der Waals surface area (Å²) in [5.74, 6) is 1.45. The molecular weight excluding hydrogens is 1040 g/mol. The normalized spacial score (nSPS) is 16.7. The van der Waals surface area contributed by atoms with Gasteiger partial charge in [0.15, 0.2) is 6.10 Å². The number of carbonyl (C=O) groups is 2. The van der Waals surface area contributed by atoms with Gasteiger partial charge in [-0.15, -0.1) is 0 Å². The molecule has 0 amide bonds. The molecule has 0 fully saturated rings. The number of hydrogen-bond donors (Lipinski definition) is 1. The lowest BCUT2D eigenvalue weighted by atomic mass is 9.58. The van der Waals surface area contributed by atoms with Crippen LogP contribution in [0.2, 0.25) is 0 Å². The van der Waals surface area contributed by atoms with Gasteiger partial charge in [0, 0.05) is 10.8 Å². The quantitative estimate of drug-likeness (QED) is 0.0485. The maximum atomic E-state index is 14.6. The number of esters is 2. The van der Waals surface area contributed by atoms with Crippen LogP contribution in [0.1, 0.15) is 415 Å². The molecule has 5 nitrogen and oxygen atoms in total. The molecule has 1 N–H and O–H groups in total. The van der Waals surface area contributed by atoms with Crippen LogP contribution in [0, 0.1) is 68.0 Å². The summed E-state index contributed by atoms with van der Waals surface area (Å²) < 4.78 is 13.3. The van der Waals surface area contributed by atoms with Gasteiger partial charge >= 0.3 is 11.9 Å². The first-order valence-electron chi connectivity index (χ1n) is 37.9. The van der Waals surface area contributed by atoms with Gasteiger partial charge < -0.3 is 14.6 Å². The molecule has 85 heavy (non-hydrogen) atoms. The van der Waals surface area contributed by atoms with Crippen LogP contribution < -0.4 is 0 Å². The van der Waals surface area contributed by atoms with Crippen LogP contribution in [0.3, 0.4) is 0 Å². The standard InChI is InChI=1S/C80H158O5/c1-21-25-29-33-37-39-41-45-49-52-70(51-47-43-35-31-27-23-3)79(68(7)62-77(15,16)17,57-55-66(5)60-75(9,10)11)64-84-73(82)59-72(81)74(83)85-65-80(69(8)63-78(18,19)20,58-56-67(6)61-76(12,13)14)71(53-48-44-36-32-28-24-4)54-50-46-42-40-38-34-30-26-22-2/h66-72,81H,21-65H2,1-20H3. The average Bonchev–Trinajstić information content (AvgIpc) is 1.45. The molecule has 0 aliphatic rings. The minimum absolute atomic E-state index is 0.100. The molecule has 0 spiro atoms. The van der Waals surface area contributed by atoms with Crippen LogP contribution in [0.5, 0.6) is 0 Å². The topological polar surface area (TPSA) is 72.8 Å². The summed E-state index contributed by atoms with van der Waals surface area (Å²) in [6, 6.07) is 0. The van der Waals surface area contributed by atoms with Gasteiger partial charge in [-0.1, -0.05) is 344 Å². The highest BCUT2D eigenvalue weighted by molar-refractivity contribution is 5.81. The summed E-state index contributed by atoms with van der Waals surface area (Å²) in [6.45, 7) is 48.2. The fourth-order valence-corrected chi connectivity index (χ4v) is 15.9. The molecule has 0 heterocycles. The van der Waals surface area contributed by atoms with Crippen LogP contribution in [-0.4, -0.2) is 36.4 Å². The Labute approximate surface area is 535 Å². The number of carbonyl (C=O) groups excluding carboxylic acids is 2. The van der Waals surface area contributed by atoms with E-state index in [1.54, 1.807) is 0 Å². The molecule has 9 atom stereocenters. The first-order chi connectivity index (χ1) is 39.9. The summed E-state index contributed by atoms with van der Waals surface area (Å²) in [5.41, 5.74) is 0.224. The van der Waals surface area contributed by atoms with E-state index in [0.29, 0.717) is 48.7 Å². The smallest absolute Gasteiger partial charge is 0.335 e. The van der Waals surface area contributed by atoms with Gasteiger partial charge in [-0.25, -0.2) is 4.79 Å². The lowest BCUT2D eigenvalue weighted by Gasteiger charge is -2.48. The molecule has 9 unspecified atom stereocenters. The van der Waals surface area contributed by atoms with Gasteiger partial charge in [0.25, 0.3) is 0 Å². The van der Waals surface area contributed by atoms with E-state index < -0.39 is 18.0 Å². The first kappa shape index (κ1) is 83.9. The third-order valence-corrected chi connectivity index (χ3v) is 20.3. The van der Waals surface area contributed by atoms with E-state index in [9.17, 15) is 14.7 Å². The summed E-state index contributed by atoms with van der Waals surface area (Å²) in [6.07, 6.45) is 50.3. The number of rotatable bonds is 55. The average molecular weight is 1200 g/mol. The van der Waals surface area contributed by atoms with E-state index in [0.717, 1.165) is 64.2 Å². The molecule has 0 aliphatic heterocycles. The lowest BCUT2D eigenvalue weighted by Crippen LogP contribution is -2.45. The molecule has 0 aromatic rings. The van der Waals surface area contributed by atoms with Gasteiger partial charge in [-0.2, -0.15) is 0 Å². The van der Waals surface area contributed by atoms with E-state index in [4.69, 9.17) is 9.47 Å². The number of ether oxygens (including phenoxy) is 2. The highest BCUT2D eigenvalue weighted by Gasteiger charge is 2.47. The number of hydrogen-bond acceptors (Lipinski definition) is 5. The fraction of sp³-hybridized carbons (Fsp3) is 0.975. The van der Waals surface area contributed by atoms with E-state index in [2.05, 4.69) is 138 Å². The van der Waals surface area contributed by atoms with Crippen molar-refractivity contribution in [2.75, 3.05) is 13.2 Å². The van der Waals surface area contributed by atoms with Gasteiger partial charge in [-0.3, -0.25) is 4.79 Å². The zero-order chi connectivity index (χ0) is 64.4. The van der Waals surface area contributed by atoms with Crippen LogP contribution in [0.15, 0.2) is 0 Å². The van der Waals surface area contributed by atoms with Crippen molar-refractivity contribution in [2.45, 2.75) is 421 Å². The number of aliphatic hydroxyl groups excluding tert-OH is 1. The summed E-state index contributed by atoms with van der Waals surface area (Å²) in [5, 5.41) is 12.0. The van der Waals surface area contributed by atoms with Crippen molar-refractivity contribution < 1.29 is 24.2 Å². The van der Waals surface area contributed by atoms with E-state index >= 15 is 0 Å². The van der Waals surface area contributed by atoms with Gasteiger partial charge in [-0.05, 0) is 121 Å². The van der Waals surface area contributed by atoms with Crippen molar-refractivity contribution in [1.82, 2.24) is 0 Å². The van der Waals surface area contributed by atoms with Gasteiger partial charge in [0.2, 0.25) is 0 Å². The molecule has 5 heteroatoms. The second-order valence-corrected chi connectivity index (χ2v) is 34.3. The Balaban J connectivity index is 7.36. The second kappa shape index (κ2) is 46.9. The highest BCUT2D eigenvalue weighted by atomic mass is 16.6. The third-order valence-electron chi connectivity index (χ3n) is 20.3. The molecular formula is C80H158O5. The van der Waals surface area contributed by atoms with Crippen molar-refractivity contribution >= 4 is 11.9 Å². The van der Waals surface area contributed by atoms with Crippen LogP contribution in [0.25, 0.3) is 0 Å². The summed E-state index contributed by atoms with van der Waals surface area (Å²) >= 11 is 0. The fourth-order valence-electron chi connectivity index (χ4n) is 15.9. The largest absolute Gasteiger partial charge is 0.465 e. The van der Waals surface area contributed by atoms with Crippen LogP contribution in [-0.2, 0) is 19.1 Å². The minimum Gasteiger partial charge on any atom is -0.465 e. The zero-order valence-corrected chi connectivity index (χ0v) is 61.9. The Morgan fingerprint density at radius 1 is 0.341 bits per heavy atom. The lowest BCUT2D eigenvalue weighted by molar-refractivity contribution is -0.168. The van der Waals surface area contributed by atoms with Crippen molar-refractivity contribution in [1.29, 1.82) is 0 Å². The summed E-state index contributed by atoms with van der Waals surface area (Å²) in [7, 11) is 0. The minimum atomic E-state index is -1.56. The van der Waals surface area contributed by atoms with E-state index in [-0.39, 0.29) is 38.9 Å². The van der Waals surface area contributed by atoms with Crippen LogP contribution >= 0.6 is 0 Å². The molecule has 508 valence electrons. The molecule has 0 aromatic carbocycles. The van der Waals surface area contributed by atoms with E-state index in [1.165, 1.54) is 205 Å². The Morgan fingerprint density at radius 2 is 0.588 bits per heavy atom. The monoisotopic (exact) mass is 1200 g/mol. The first-order valence-corrected chi connectivity index (χ1v) is 37.9. The second-order valence-electron chi connectivity index (χ2n) is 34.3. The Hall–Kier alpha value is -1.10. The highest BCUT2D eigenvalue weighted by Crippen LogP contribution is 2.52. The molecule has 0 aliphatic carbocycles. The zero-order valence-electron chi connectivity index (χ0n) is 61.9. The molecule has 0 saturated carbocycles. The molecule has 0 bridgehead atoms. The van der Waals surface area contributed by atoms with Crippen molar-refractivity contribution in [3.63, 3.8) is 0 Å². The maximum Gasteiger partial charge on any atom is 0.335 e. The molecule has 0 radical (unpaired) electrons. The van der Waals surface area contributed by atoms with Gasteiger partial charge in [0.1, 0.15) is 0 Å². The SMILES string of the molecule is CCCCCCCCCCCC(CCCCCCCC)C(CCC(C)CC(C)(C)C)(COC(=O)CC(O)C(=O)OCC(CCC(C)CC(C)(C)C)(C(C)CC(C)(C)C)C(CCCCCCCC)CCCCCCCCCCC)C(C)CC(C)(C)C. The van der Waals surface area contributed by atoms with Crippen molar-refractivity contribution in [3.8, 4) is 0 Å². The Morgan fingerprint density at radius 3 is 0.847 bits per heavy atom. The molecule has 0 rings (SSSR count). The van der Waals surface area contributed by atoms with Crippen LogP contribution in [0.4, 0.5) is 0 Å². The third kappa shape index (κ3) is 42.6. The number of aliphatic hydroxyl groups is 1.